The van der Waals surface area contributed by atoms with Crippen LogP contribution < -0.4 is 10.5 Å². The number of hydrogen-bond acceptors (Lipinski definition) is 8. The molecule has 1 heterocycles. The number of rotatable bonds is 9. The second-order valence-corrected chi connectivity index (χ2v) is 6.19. The number of nitrogens with zero attached hydrogens (tertiary/aromatic N) is 1. The number of phosphoric acid groups is 1. The van der Waals surface area contributed by atoms with Gasteiger partial charge >= 0.3 is 42.8 Å². The van der Waals surface area contributed by atoms with Crippen molar-refractivity contribution in [3.63, 3.8) is 0 Å². The summed E-state index contributed by atoms with van der Waals surface area (Å²) < 4.78 is 20.1. The highest BCUT2D eigenvalue weighted by Gasteiger charge is 2.21. The summed E-state index contributed by atoms with van der Waals surface area (Å²) in [5.74, 6) is -2.30. The average Bonchev–Trinajstić information content (AvgIpc) is 2.52. The molecule has 0 aliphatic rings. The first-order valence-corrected chi connectivity index (χ1v) is 8.41. The van der Waals surface area contributed by atoms with Gasteiger partial charge in [0.05, 0.1) is 17.9 Å². The lowest BCUT2D eigenvalue weighted by atomic mass is 10.1. The minimum atomic E-state index is -4.77. The van der Waals surface area contributed by atoms with E-state index in [9.17, 15) is 18.9 Å². The Bertz CT molecular complexity index is 722. The topological polar surface area (TPSA) is 186 Å². The summed E-state index contributed by atoms with van der Waals surface area (Å²) in [7, 11) is -4.77. The molecule has 142 valence electrons. The number of esters is 1. The molecule has 0 amide bonds. The highest BCUT2D eigenvalue weighted by Crippen LogP contribution is 2.37. The molecule has 1 rings (SSSR count). The van der Waals surface area contributed by atoms with Crippen LogP contribution in [0, 0.1) is 6.92 Å². The number of aromatic nitrogens is 1. The number of carbonyl (C=O) groups is 3. The number of carboxylic acids is 1. The van der Waals surface area contributed by atoms with E-state index in [-0.39, 0.29) is 58.5 Å². The van der Waals surface area contributed by atoms with Gasteiger partial charge in [0, 0.05) is 18.2 Å². The van der Waals surface area contributed by atoms with Gasteiger partial charge in [-0.25, -0.2) is 4.57 Å². The lowest BCUT2D eigenvalue weighted by Gasteiger charge is -2.13. The number of ether oxygens (including phenoxy) is 1. The molecule has 13 heteroatoms. The second-order valence-electron chi connectivity index (χ2n) is 4.95. The Balaban J connectivity index is 0.00000625. The first-order valence-electron chi connectivity index (χ1n) is 6.88. The summed E-state index contributed by atoms with van der Waals surface area (Å²) in [4.78, 5) is 55.0. The van der Waals surface area contributed by atoms with Crippen molar-refractivity contribution in [2.24, 2.45) is 5.73 Å². The molecular formula is C13H19MgN2O9P. The smallest absolute Gasteiger partial charge is 0.469 e. The highest BCUT2D eigenvalue weighted by atomic mass is 31.2. The van der Waals surface area contributed by atoms with Crippen LogP contribution in [-0.2, 0) is 25.3 Å². The number of aryl methyl sites for hydroxylation is 1. The molecule has 0 aliphatic heterocycles. The molecule has 0 unspecified atom stereocenters. The van der Waals surface area contributed by atoms with Gasteiger partial charge in [0.15, 0.2) is 12.0 Å². The summed E-state index contributed by atoms with van der Waals surface area (Å²) in [5.41, 5.74) is 5.31. The third-order valence-corrected chi connectivity index (χ3v) is 3.50. The van der Waals surface area contributed by atoms with E-state index in [0.717, 1.165) is 6.20 Å². The molecule has 0 radical (unpaired) electrons. The largest absolute Gasteiger partial charge is 0.480 e. The minimum absolute atomic E-state index is 0. The summed E-state index contributed by atoms with van der Waals surface area (Å²) in [6.45, 7) is 0.826. The SMILES string of the molecule is Cc1ncc(COP(=O)(O)O)c(C=O)c1OC(=O)CC[C@H](N)C(=O)O.[MgH2]. The molecule has 0 fully saturated rings. The Morgan fingerprint density at radius 2 is 2.04 bits per heavy atom. The number of nitrogens with two attached hydrogens (primary N) is 1. The third kappa shape index (κ3) is 7.87. The molecule has 0 aromatic carbocycles. The van der Waals surface area contributed by atoms with Crippen molar-refractivity contribution in [2.75, 3.05) is 0 Å². The van der Waals surface area contributed by atoms with E-state index in [0.29, 0.717) is 6.29 Å². The number of aldehydes is 1. The molecular weight excluding hydrogens is 383 g/mol. The first-order chi connectivity index (χ1) is 11.5. The predicted molar refractivity (Wildman–Crippen MR) is 90.2 cm³/mol. The second kappa shape index (κ2) is 10.7. The van der Waals surface area contributed by atoms with Gasteiger partial charge in [0.1, 0.15) is 6.04 Å². The molecule has 0 saturated heterocycles. The molecule has 1 atom stereocenters. The number of carbonyl (C=O) groups excluding carboxylic acids is 2. The van der Waals surface area contributed by atoms with Crippen molar-refractivity contribution >= 4 is 49.1 Å². The van der Waals surface area contributed by atoms with E-state index in [1.54, 1.807) is 0 Å². The van der Waals surface area contributed by atoms with E-state index in [4.69, 9.17) is 25.4 Å². The van der Waals surface area contributed by atoms with E-state index in [1.807, 2.05) is 0 Å². The van der Waals surface area contributed by atoms with Gasteiger partial charge < -0.3 is 25.4 Å². The lowest BCUT2D eigenvalue weighted by Crippen LogP contribution is -2.31. The van der Waals surface area contributed by atoms with E-state index >= 15 is 0 Å². The molecule has 26 heavy (non-hydrogen) atoms. The quantitative estimate of drug-likeness (QED) is 0.171. The molecule has 11 nitrogen and oxygen atoms in total. The Kier molecular flexibility index (Phi) is 10.1. The Labute approximate surface area is 164 Å². The number of carboxylic acid groups (broad SMARTS) is 1. The fourth-order valence-electron chi connectivity index (χ4n) is 1.73. The first kappa shape index (κ1) is 24.6. The van der Waals surface area contributed by atoms with Crippen molar-refractivity contribution in [3.8, 4) is 5.75 Å². The zero-order valence-corrected chi connectivity index (χ0v) is 14.0. The van der Waals surface area contributed by atoms with E-state index < -0.39 is 32.4 Å². The molecule has 1 aromatic heterocycles. The van der Waals surface area contributed by atoms with Crippen molar-refractivity contribution in [1.29, 1.82) is 0 Å². The highest BCUT2D eigenvalue weighted by molar-refractivity contribution is 7.46. The van der Waals surface area contributed by atoms with Crippen LogP contribution in [0.5, 0.6) is 5.75 Å². The summed E-state index contributed by atoms with van der Waals surface area (Å²) in [6, 6.07) is -1.24. The van der Waals surface area contributed by atoms with Gasteiger partial charge in [-0.3, -0.25) is 23.9 Å². The van der Waals surface area contributed by atoms with Crippen LogP contribution >= 0.6 is 7.82 Å². The number of phosphoric ester groups is 1. The van der Waals surface area contributed by atoms with Crippen molar-refractivity contribution in [1.82, 2.24) is 4.98 Å². The van der Waals surface area contributed by atoms with Crippen LogP contribution in [0.25, 0.3) is 0 Å². The number of pyridine rings is 1. The maximum absolute atomic E-state index is 11.8. The number of aliphatic carboxylic acids is 1. The summed E-state index contributed by atoms with van der Waals surface area (Å²) >= 11 is 0. The molecule has 0 spiro atoms. The van der Waals surface area contributed by atoms with Gasteiger partial charge in [-0.1, -0.05) is 0 Å². The maximum Gasteiger partial charge on any atom is 0.469 e. The van der Waals surface area contributed by atoms with E-state index in [2.05, 4.69) is 9.51 Å². The third-order valence-electron chi connectivity index (χ3n) is 3.03. The zero-order valence-electron chi connectivity index (χ0n) is 13.1. The van der Waals surface area contributed by atoms with Crippen LogP contribution in [0.15, 0.2) is 6.20 Å². The van der Waals surface area contributed by atoms with Crippen LogP contribution in [0.3, 0.4) is 0 Å². The molecule has 0 bridgehead atoms. The Morgan fingerprint density at radius 3 is 2.54 bits per heavy atom. The fourth-order valence-corrected chi connectivity index (χ4v) is 2.04. The number of hydrogen-bond donors (Lipinski definition) is 4. The van der Waals surface area contributed by atoms with Crippen LogP contribution in [0.1, 0.15) is 34.5 Å². The minimum Gasteiger partial charge on any atom is -0.480 e. The molecule has 1 aromatic rings. The Hall–Kier alpha value is -1.40. The summed E-state index contributed by atoms with van der Waals surface area (Å²) in [5, 5.41) is 8.66. The molecule has 0 aliphatic carbocycles. The average molecular weight is 403 g/mol. The lowest BCUT2D eigenvalue weighted by molar-refractivity contribution is -0.139. The van der Waals surface area contributed by atoms with Gasteiger partial charge in [-0.05, 0) is 13.3 Å². The van der Waals surface area contributed by atoms with Crippen molar-refractivity contribution in [3.05, 3.63) is 23.0 Å². The Morgan fingerprint density at radius 1 is 1.42 bits per heavy atom. The van der Waals surface area contributed by atoms with Crippen LogP contribution in [-0.4, -0.2) is 67.2 Å². The molecule has 0 saturated carbocycles. The van der Waals surface area contributed by atoms with Crippen LogP contribution in [0.4, 0.5) is 0 Å². The van der Waals surface area contributed by atoms with Gasteiger partial charge in [0.25, 0.3) is 0 Å². The summed E-state index contributed by atoms with van der Waals surface area (Å²) in [6.07, 6.45) is 1.01. The monoisotopic (exact) mass is 402 g/mol. The molecule has 5 N–H and O–H groups in total. The predicted octanol–water partition coefficient (Wildman–Crippen LogP) is -1.01. The van der Waals surface area contributed by atoms with Crippen LogP contribution in [0.2, 0.25) is 0 Å². The van der Waals surface area contributed by atoms with Crippen molar-refractivity contribution < 1.29 is 43.1 Å². The standard InChI is InChI=1S/C13H17N2O9P.Mg.2H/c1-7-12(24-11(17)3-2-10(14)13(18)19)9(5-16)8(4-15-7)6-23-25(20,21)22;;;/h4-5,10H,2-3,6,14H2,1H3,(H,18,19)(H2,20,21,22);;;/t10-;;;/m0.../s1. The fraction of sp³-hybridized carbons (Fsp3) is 0.385. The maximum atomic E-state index is 11.8. The van der Waals surface area contributed by atoms with Gasteiger partial charge in [-0.15, -0.1) is 0 Å². The van der Waals surface area contributed by atoms with Gasteiger partial charge in [-0.2, -0.15) is 0 Å². The van der Waals surface area contributed by atoms with Crippen molar-refractivity contribution in [2.45, 2.75) is 32.4 Å². The zero-order chi connectivity index (χ0) is 19.2. The van der Waals surface area contributed by atoms with E-state index in [1.165, 1.54) is 6.92 Å². The normalized spacial score (nSPS) is 12.0. The van der Waals surface area contributed by atoms with Gasteiger partial charge in [0.2, 0.25) is 0 Å².